The monoisotopic (exact) mass is 234 g/mol. The van der Waals surface area contributed by atoms with Crippen LogP contribution in [-0.2, 0) is 6.42 Å². The number of benzene rings is 2. The molecule has 0 bridgehead atoms. The standard InChI is InChI=1S/C16H14N2/c1-3-14-17-12-9-8-10(2)15-11-6-4-5-7-13(11)18(14)16(12)15/h4-9H,3H2,1-2H3. The fourth-order valence-electron chi connectivity index (χ4n) is 3.03. The quantitative estimate of drug-likeness (QED) is 0.487. The second-order valence-electron chi connectivity index (χ2n) is 4.86. The van der Waals surface area contributed by atoms with Gasteiger partial charge in [0.2, 0.25) is 0 Å². The molecule has 0 unspecified atom stereocenters. The van der Waals surface area contributed by atoms with Crippen molar-refractivity contribution in [2.45, 2.75) is 20.3 Å². The number of nitrogens with zero attached hydrogens (tertiary/aromatic N) is 2. The number of para-hydroxylation sites is 1. The van der Waals surface area contributed by atoms with Crippen molar-refractivity contribution in [2.24, 2.45) is 0 Å². The summed E-state index contributed by atoms with van der Waals surface area (Å²) < 4.78 is 2.33. The van der Waals surface area contributed by atoms with E-state index in [2.05, 4.69) is 54.6 Å². The predicted octanol–water partition coefficient (Wildman–Crippen LogP) is 3.95. The molecule has 4 aromatic rings. The van der Waals surface area contributed by atoms with Crippen molar-refractivity contribution in [1.82, 2.24) is 9.38 Å². The van der Waals surface area contributed by atoms with E-state index < -0.39 is 0 Å². The lowest BCUT2D eigenvalue weighted by atomic mass is 10.1. The molecule has 4 rings (SSSR count). The van der Waals surface area contributed by atoms with E-state index in [1.807, 2.05) is 0 Å². The molecule has 2 nitrogen and oxygen atoms in total. The Balaban J connectivity index is 2.45. The molecular formula is C16H14N2. The fourth-order valence-corrected chi connectivity index (χ4v) is 3.03. The molecule has 2 heterocycles. The summed E-state index contributed by atoms with van der Waals surface area (Å²) in [5.41, 5.74) is 5.01. The van der Waals surface area contributed by atoms with Gasteiger partial charge in [-0.3, -0.25) is 4.40 Å². The lowest BCUT2D eigenvalue weighted by Crippen LogP contribution is -1.89. The molecule has 0 saturated heterocycles. The highest BCUT2D eigenvalue weighted by Gasteiger charge is 2.17. The Morgan fingerprint density at radius 2 is 1.94 bits per heavy atom. The highest BCUT2D eigenvalue weighted by Crippen LogP contribution is 2.35. The minimum atomic E-state index is 0.960. The van der Waals surface area contributed by atoms with E-state index >= 15 is 0 Å². The molecule has 0 radical (unpaired) electrons. The van der Waals surface area contributed by atoms with Gasteiger partial charge in [-0.1, -0.05) is 31.2 Å². The summed E-state index contributed by atoms with van der Waals surface area (Å²) >= 11 is 0. The average molecular weight is 234 g/mol. The SMILES string of the molecule is CCc1nc2ccc(C)c3c4ccccc4n1c23. The second-order valence-corrected chi connectivity index (χ2v) is 4.86. The Hall–Kier alpha value is -2.09. The molecule has 18 heavy (non-hydrogen) atoms. The zero-order valence-electron chi connectivity index (χ0n) is 10.6. The van der Waals surface area contributed by atoms with Gasteiger partial charge in [-0.05, 0) is 24.6 Å². The van der Waals surface area contributed by atoms with E-state index in [4.69, 9.17) is 4.98 Å². The molecule has 0 amide bonds. The molecular weight excluding hydrogens is 220 g/mol. The first-order chi connectivity index (χ1) is 8.81. The van der Waals surface area contributed by atoms with Crippen LogP contribution in [0.5, 0.6) is 0 Å². The molecule has 0 aliphatic carbocycles. The third kappa shape index (κ3) is 1.01. The van der Waals surface area contributed by atoms with Gasteiger partial charge in [-0.2, -0.15) is 0 Å². The molecule has 2 aromatic heterocycles. The smallest absolute Gasteiger partial charge is 0.114 e. The number of hydrogen-bond donors (Lipinski definition) is 0. The first-order valence-corrected chi connectivity index (χ1v) is 6.42. The van der Waals surface area contributed by atoms with Crippen LogP contribution in [0, 0.1) is 6.92 Å². The molecule has 0 fully saturated rings. The van der Waals surface area contributed by atoms with Crippen LogP contribution in [-0.4, -0.2) is 9.38 Å². The first kappa shape index (κ1) is 9.89. The summed E-state index contributed by atoms with van der Waals surface area (Å²) in [4.78, 5) is 4.75. The third-order valence-electron chi connectivity index (χ3n) is 3.83. The van der Waals surface area contributed by atoms with Crippen LogP contribution in [0.4, 0.5) is 0 Å². The van der Waals surface area contributed by atoms with E-state index in [9.17, 15) is 0 Å². The highest BCUT2D eigenvalue weighted by molar-refractivity contribution is 6.15. The minimum Gasteiger partial charge on any atom is -0.295 e. The number of rotatable bonds is 1. The van der Waals surface area contributed by atoms with Crippen molar-refractivity contribution < 1.29 is 0 Å². The number of fused-ring (bicyclic) bond motifs is 3. The van der Waals surface area contributed by atoms with E-state index in [-0.39, 0.29) is 0 Å². The van der Waals surface area contributed by atoms with Gasteiger partial charge in [0, 0.05) is 17.2 Å². The minimum absolute atomic E-state index is 0.960. The van der Waals surface area contributed by atoms with Crippen LogP contribution < -0.4 is 0 Å². The predicted molar refractivity (Wildman–Crippen MR) is 75.5 cm³/mol. The zero-order valence-corrected chi connectivity index (χ0v) is 10.6. The molecule has 0 aliphatic heterocycles. The van der Waals surface area contributed by atoms with Gasteiger partial charge in [-0.15, -0.1) is 0 Å². The second kappa shape index (κ2) is 3.22. The van der Waals surface area contributed by atoms with Crippen molar-refractivity contribution in [3.8, 4) is 0 Å². The van der Waals surface area contributed by atoms with E-state index in [1.54, 1.807) is 0 Å². The molecule has 0 saturated carbocycles. The van der Waals surface area contributed by atoms with Crippen LogP contribution in [0.1, 0.15) is 18.3 Å². The fraction of sp³-hybridized carbons (Fsp3) is 0.188. The van der Waals surface area contributed by atoms with Crippen molar-refractivity contribution >= 4 is 27.3 Å². The summed E-state index contributed by atoms with van der Waals surface area (Å²) in [6, 6.07) is 12.9. The maximum Gasteiger partial charge on any atom is 0.114 e. The number of imidazole rings is 1. The summed E-state index contributed by atoms with van der Waals surface area (Å²) in [6.07, 6.45) is 0.960. The molecule has 0 atom stereocenters. The van der Waals surface area contributed by atoms with Gasteiger partial charge >= 0.3 is 0 Å². The molecule has 0 N–H and O–H groups in total. The van der Waals surface area contributed by atoms with Crippen LogP contribution >= 0.6 is 0 Å². The summed E-state index contributed by atoms with van der Waals surface area (Å²) in [7, 11) is 0. The average Bonchev–Trinajstić information content (AvgIpc) is 2.93. The largest absolute Gasteiger partial charge is 0.295 e. The van der Waals surface area contributed by atoms with Crippen LogP contribution in [0.3, 0.4) is 0 Å². The Morgan fingerprint density at radius 3 is 2.78 bits per heavy atom. The molecule has 88 valence electrons. The maximum atomic E-state index is 4.75. The zero-order chi connectivity index (χ0) is 12.3. The molecule has 2 aromatic carbocycles. The van der Waals surface area contributed by atoms with Gasteiger partial charge in [0.25, 0.3) is 0 Å². The normalized spacial score (nSPS) is 12.1. The summed E-state index contributed by atoms with van der Waals surface area (Å²) in [5, 5.41) is 2.70. The maximum absolute atomic E-state index is 4.75. The van der Waals surface area contributed by atoms with Crippen molar-refractivity contribution in [2.75, 3.05) is 0 Å². The summed E-state index contributed by atoms with van der Waals surface area (Å²) in [5.74, 6) is 1.15. The molecule has 0 spiro atoms. The van der Waals surface area contributed by atoms with Gasteiger partial charge in [0.05, 0.1) is 16.6 Å². The van der Waals surface area contributed by atoms with Crippen LogP contribution in [0.2, 0.25) is 0 Å². The van der Waals surface area contributed by atoms with Crippen LogP contribution in [0.25, 0.3) is 27.3 Å². The summed E-state index contributed by atoms with van der Waals surface area (Å²) in [6.45, 7) is 4.35. The highest BCUT2D eigenvalue weighted by atomic mass is 15.0. The van der Waals surface area contributed by atoms with E-state index in [0.717, 1.165) is 17.8 Å². The number of aromatic nitrogens is 2. The Kier molecular flexibility index (Phi) is 1.77. The Morgan fingerprint density at radius 1 is 1.11 bits per heavy atom. The molecule has 2 heteroatoms. The topological polar surface area (TPSA) is 17.3 Å². The van der Waals surface area contributed by atoms with Gasteiger partial charge in [-0.25, -0.2) is 4.98 Å². The van der Waals surface area contributed by atoms with Crippen molar-refractivity contribution in [1.29, 1.82) is 0 Å². The number of aryl methyl sites for hydroxylation is 2. The van der Waals surface area contributed by atoms with Gasteiger partial charge in [0.15, 0.2) is 0 Å². The van der Waals surface area contributed by atoms with Gasteiger partial charge in [0.1, 0.15) is 5.82 Å². The molecule has 0 aliphatic rings. The Bertz CT molecular complexity index is 871. The van der Waals surface area contributed by atoms with Crippen LogP contribution in [0.15, 0.2) is 36.4 Å². The Labute approximate surface area is 105 Å². The van der Waals surface area contributed by atoms with Crippen molar-refractivity contribution in [3.63, 3.8) is 0 Å². The van der Waals surface area contributed by atoms with Crippen molar-refractivity contribution in [3.05, 3.63) is 47.8 Å². The first-order valence-electron chi connectivity index (χ1n) is 6.42. The lowest BCUT2D eigenvalue weighted by Gasteiger charge is -1.96. The lowest BCUT2D eigenvalue weighted by molar-refractivity contribution is 0.961. The van der Waals surface area contributed by atoms with Gasteiger partial charge < -0.3 is 0 Å². The number of hydrogen-bond acceptors (Lipinski definition) is 1. The van der Waals surface area contributed by atoms with E-state index in [1.165, 1.54) is 27.4 Å². The van der Waals surface area contributed by atoms with E-state index in [0.29, 0.717) is 0 Å². The third-order valence-corrected chi connectivity index (χ3v) is 3.83.